The van der Waals surface area contributed by atoms with E-state index in [9.17, 15) is 0 Å². The average molecular weight is 185 g/mol. The lowest BCUT2D eigenvalue weighted by Crippen LogP contribution is -2.46. The van der Waals surface area contributed by atoms with E-state index < -0.39 is 0 Å². The van der Waals surface area contributed by atoms with Crippen molar-refractivity contribution >= 4 is 0 Å². The molecule has 0 amide bonds. The van der Waals surface area contributed by atoms with Gasteiger partial charge in [0.1, 0.15) is 6.23 Å². The predicted molar refractivity (Wildman–Crippen MR) is 55.6 cm³/mol. The molecule has 0 aromatic heterocycles. The lowest BCUT2D eigenvalue weighted by atomic mass is 9.92. The molecule has 2 atom stereocenters. The Morgan fingerprint density at radius 1 is 1.31 bits per heavy atom. The third kappa shape index (κ3) is 2.23. The Hall–Kier alpha value is -0.0800. The van der Waals surface area contributed by atoms with Crippen molar-refractivity contribution < 1.29 is 4.74 Å². The topological polar surface area (TPSA) is 12.5 Å². The molecule has 1 aliphatic rings. The van der Waals surface area contributed by atoms with E-state index in [1.807, 2.05) is 0 Å². The molecule has 1 unspecified atom stereocenters. The second kappa shape index (κ2) is 3.58. The Bertz CT molecular complexity index is 171. The van der Waals surface area contributed by atoms with E-state index in [4.69, 9.17) is 4.74 Å². The van der Waals surface area contributed by atoms with Crippen LogP contribution in [0.5, 0.6) is 0 Å². The molecule has 1 rings (SSSR count). The van der Waals surface area contributed by atoms with Crippen LogP contribution in [-0.2, 0) is 4.74 Å². The zero-order valence-corrected chi connectivity index (χ0v) is 9.79. The first kappa shape index (κ1) is 11.0. The van der Waals surface area contributed by atoms with Crippen molar-refractivity contribution in [1.82, 2.24) is 4.90 Å². The third-order valence-corrected chi connectivity index (χ3v) is 2.61. The highest BCUT2D eigenvalue weighted by Gasteiger charge is 2.40. The van der Waals surface area contributed by atoms with Gasteiger partial charge in [-0.2, -0.15) is 0 Å². The van der Waals surface area contributed by atoms with Gasteiger partial charge in [0.2, 0.25) is 0 Å². The summed E-state index contributed by atoms with van der Waals surface area (Å²) in [6.07, 6.45) is 0.280. The van der Waals surface area contributed by atoms with Gasteiger partial charge in [-0.1, -0.05) is 20.8 Å². The molecule has 0 N–H and O–H groups in total. The number of ether oxygens (including phenoxy) is 1. The molecule has 0 aliphatic carbocycles. The SMILES string of the molecule is CC(C)N1C(C(C)(C)C)OC[C@@H]1C. The average Bonchev–Trinajstić information content (AvgIpc) is 2.28. The van der Waals surface area contributed by atoms with Gasteiger partial charge < -0.3 is 4.74 Å². The van der Waals surface area contributed by atoms with E-state index in [2.05, 4.69) is 46.4 Å². The van der Waals surface area contributed by atoms with Gasteiger partial charge in [0.15, 0.2) is 0 Å². The van der Waals surface area contributed by atoms with Crippen molar-refractivity contribution in [3.05, 3.63) is 0 Å². The van der Waals surface area contributed by atoms with E-state index >= 15 is 0 Å². The molecule has 1 aliphatic heterocycles. The van der Waals surface area contributed by atoms with Gasteiger partial charge in [-0.05, 0) is 20.8 Å². The van der Waals surface area contributed by atoms with E-state index in [0.717, 1.165) is 6.61 Å². The summed E-state index contributed by atoms with van der Waals surface area (Å²) in [4.78, 5) is 2.47. The normalized spacial score (nSPS) is 31.6. The van der Waals surface area contributed by atoms with Gasteiger partial charge in [-0.25, -0.2) is 0 Å². The molecule has 0 spiro atoms. The summed E-state index contributed by atoms with van der Waals surface area (Å²) in [5.41, 5.74) is 0.217. The lowest BCUT2D eigenvalue weighted by Gasteiger charge is -2.37. The van der Waals surface area contributed by atoms with Crippen molar-refractivity contribution in [3.8, 4) is 0 Å². The summed E-state index contributed by atoms with van der Waals surface area (Å²) in [6.45, 7) is 14.3. The fourth-order valence-electron chi connectivity index (χ4n) is 2.11. The van der Waals surface area contributed by atoms with Crippen LogP contribution < -0.4 is 0 Å². The Balaban J connectivity index is 2.76. The Morgan fingerprint density at radius 2 is 1.85 bits per heavy atom. The molecule has 0 saturated carbocycles. The van der Waals surface area contributed by atoms with E-state index in [0.29, 0.717) is 12.1 Å². The van der Waals surface area contributed by atoms with Crippen LogP contribution in [-0.4, -0.2) is 29.8 Å². The summed E-state index contributed by atoms with van der Waals surface area (Å²) in [6, 6.07) is 1.13. The lowest BCUT2D eigenvalue weighted by molar-refractivity contribution is -0.0599. The Labute approximate surface area is 82.3 Å². The van der Waals surface area contributed by atoms with Crippen LogP contribution in [0.4, 0.5) is 0 Å². The molecule has 0 aromatic carbocycles. The fourth-order valence-corrected chi connectivity index (χ4v) is 2.11. The highest BCUT2D eigenvalue weighted by atomic mass is 16.5. The summed E-state index contributed by atoms with van der Waals surface area (Å²) in [5, 5.41) is 0. The molecule has 13 heavy (non-hydrogen) atoms. The maximum atomic E-state index is 5.83. The zero-order chi connectivity index (χ0) is 10.2. The standard InChI is InChI=1S/C11H23NO/c1-8(2)12-9(3)7-13-10(12)11(4,5)6/h8-10H,7H2,1-6H3/t9-,10?/m0/s1. The largest absolute Gasteiger partial charge is 0.361 e. The molecule has 0 aromatic rings. The second-order valence-corrected chi connectivity index (χ2v) is 5.44. The highest BCUT2D eigenvalue weighted by molar-refractivity contribution is 4.86. The van der Waals surface area contributed by atoms with Crippen LogP contribution in [0.2, 0.25) is 0 Å². The first-order valence-corrected chi connectivity index (χ1v) is 5.23. The maximum absolute atomic E-state index is 5.83. The van der Waals surface area contributed by atoms with Crippen molar-refractivity contribution in [3.63, 3.8) is 0 Å². The number of hydrogen-bond acceptors (Lipinski definition) is 2. The smallest absolute Gasteiger partial charge is 0.116 e. The maximum Gasteiger partial charge on any atom is 0.116 e. The monoisotopic (exact) mass is 185 g/mol. The number of hydrogen-bond donors (Lipinski definition) is 0. The molecular formula is C11H23NO. The quantitative estimate of drug-likeness (QED) is 0.622. The highest BCUT2D eigenvalue weighted by Crippen LogP contribution is 2.32. The summed E-state index contributed by atoms with van der Waals surface area (Å²) < 4.78 is 5.83. The van der Waals surface area contributed by atoms with E-state index in [1.165, 1.54) is 0 Å². The molecule has 1 heterocycles. The predicted octanol–water partition coefficient (Wildman–Crippen LogP) is 2.49. The molecule has 0 bridgehead atoms. The van der Waals surface area contributed by atoms with Crippen LogP contribution in [0.25, 0.3) is 0 Å². The first-order valence-electron chi connectivity index (χ1n) is 5.23. The van der Waals surface area contributed by atoms with E-state index in [1.54, 1.807) is 0 Å². The molecule has 1 fully saturated rings. The van der Waals surface area contributed by atoms with Crippen molar-refractivity contribution in [2.45, 2.75) is 59.9 Å². The van der Waals surface area contributed by atoms with Crippen molar-refractivity contribution in [2.75, 3.05) is 6.61 Å². The number of rotatable bonds is 1. The molecular weight excluding hydrogens is 162 g/mol. The zero-order valence-electron chi connectivity index (χ0n) is 9.79. The third-order valence-electron chi connectivity index (χ3n) is 2.61. The molecule has 1 saturated heterocycles. The summed E-state index contributed by atoms with van der Waals surface area (Å²) in [7, 11) is 0. The van der Waals surface area contributed by atoms with Crippen LogP contribution in [0.15, 0.2) is 0 Å². The molecule has 78 valence electrons. The van der Waals surface area contributed by atoms with Crippen LogP contribution in [0.3, 0.4) is 0 Å². The van der Waals surface area contributed by atoms with Crippen LogP contribution in [0.1, 0.15) is 41.5 Å². The first-order chi connectivity index (χ1) is 5.84. The fraction of sp³-hybridized carbons (Fsp3) is 1.00. The molecule has 2 nitrogen and oxygen atoms in total. The van der Waals surface area contributed by atoms with E-state index in [-0.39, 0.29) is 11.6 Å². The van der Waals surface area contributed by atoms with Crippen LogP contribution in [0, 0.1) is 5.41 Å². The van der Waals surface area contributed by atoms with Gasteiger partial charge in [0.25, 0.3) is 0 Å². The van der Waals surface area contributed by atoms with Crippen molar-refractivity contribution in [1.29, 1.82) is 0 Å². The number of nitrogens with zero attached hydrogens (tertiary/aromatic N) is 1. The van der Waals surface area contributed by atoms with Gasteiger partial charge in [0.05, 0.1) is 6.61 Å². The second-order valence-electron chi connectivity index (χ2n) is 5.44. The molecule has 2 heteroatoms. The molecule has 0 radical (unpaired) electrons. The Morgan fingerprint density at radius 3 is 2.15 bits per heavy atom. The van der Waals surface area contributed by atoms with Gasteiger partial charge in [-0.15, -0.1) is 0 Å². The van der Waals surface area contributed by atoms with Crippen LogP contribution >= 0.6 is 0 Å². The van der Waals surface area contributed by atoms with Gasteiger partial charge in [0, 0.05) is 17.5 Å². The van der Waals surface area contributed by atoms with Gasteiger partial charge >= 0.3 is 0 Å². The minimum Gasteiger partial charge on any atom is -0.361 e. The minimum atomic E-state index is 0.217. The van der Waals surface area contributed by atoms with Gasteiger partial charge in [-0.3, -0.25) is 4.90 Å². The summed E-state index contributed by atoms with van der Waals surface area (Å²) >= 11 is 0. The van der Waals surface area contributed by atoms with Crippen molar-refractivity contribution in [2.24, 2.45) is 5.41 Å². The minimum absolute atomic E-state index is 0.217. The summed E-state index contributed by atoms with van der Waals surface area (Å²) in [5.74, 6) is 0. The Kier molecular flexibility index (Phi) is 3.03.